The zero-order chi connectivity index (χ0) is 15.2. The molecule has 2 N–H and O–H groups in total. The van der Waals surface area contributed by atoms with Crippen LogP contribution in [0.1, 0.15) is 25.7 Å². The average molecular weight is 330 g/mol. The van der Waals surface area contributed by atoms with Crippen LogP contribution in [0.3, 0.4) is 0 Å². The summed E-state index contributed by atoms with van der Waals surface area (Å²) in [5, 5.41) is 0.496. The second-order valence-corrected chi connectivity index (χ2v) is 9.07. The van der Waals surface area contributed by atoms with E-state index >= 15 is 0 Å². The van der Waals surface area contributed by atoms with Gasteiger partial charge in [0.05, 0.1) is 5.25 Å². The minimum atomic E-state index is -3.30. The minimum absolute atomic E-state index is 0.175. The van der Waals surface area contributed by atoms with Crippen molar-refractivity contribution in [3.63, 3.8) is 0 Å². The molecule has 1 unspecified atom stereocenters. The van der Waals surface area contributed by atoms with Crippen LogP contribution < -0.4 is 10.6 Å². The van der Waals surface area contributed by atoms with E-state index in [0.29, 0.717) is 6.04 Å². The molecule has 1 aliphatic carbocycles. The normalized spacial score (nSPS) is 23.8. The van der Waals surface area contributed by atoms with Crippen molar-refractivity contribution in [2.75, 3.05) is 37.8 Å². The van der Waals surface area contributed by atoms with Gasteiger partial charge in [-0.05, 0) is 51.3 Å². The van der Waals surface area contributed by atoms with E-state index in [-0.39, 0.29) is 16.0 Å². The van der Waals surface area contributed by atoms with Crippen molar-refractivity contribution in [1.82, 2.24) is 9.27 Å². The van der Waals surface area contributed by atoms with E-state index in [9.17, 15) is 8.42 Å². The fourth-order valence-electron chi connectivity index (χ4n) is 2.86. The van der Waals surface area contributed by atoms with Crippen LogP contribution in [-0.4, -0.2) is 56.2 Å². The Bertz CT molecular complexity index is 622. The van der Waals surface area contributed by atoms with Crippen molar-refractivity contribution in [3.05, 3.63) is 0 Å². The van der Waals surface area contributed by atoms with Crippen molar-refractivity contribution in [3.8, 4) is 0 Å². The quantitative estimate of drug-likeness (QED) is 0.893. The summed E-state index contributed by atoms with van der Waals surface area (Å²) in [6.45, 7) is 1.71. The molecule has 21 heavy (non-hydrogen) atoms. The monoisotopic (exact) mass is 330 g/mol. The number of rotatable bonds is 4. The maximum absolute atomic E-state index is 12.6. The summed E-state index contributed by atoms with van der Waals surface area (Å²) in [6, 6.07) is 0.443. The van der Waals surface area contributed by atoms with Gasteiger partial charge < -0.3 is 15.5 Å². The fraction of sp³-hybridized carbons (Fsp3) is 0.769. The van der Waals surface area contributed by atoms with Gasteiger partial charge in [-0.3, -0.25) is 0 Å². The van der Waals surface area contributed by atoms with Gasteiger partial charge in [-0.15, -0.1) is 0 Å². The third kappa shape index (κ3) is 2.76. The fourth-order valence-corrected chi connectivity index (χ4v) is 5.92. The molecule has 1 saturated heterocycles. The largest absolute Gasteiger partial charge is 0.382 e. The summed E-state index contributed by atoms with van der Waals surface area (Å²) < 4.78 is 29.3. The maximum Gasteiger partial charge on any atom is 0.187 e. The van der Waals surface area contributed by atoms with Crippen molar-refractivity contribution in [2.24, 2.45) is 0 Å². The lowest BCUT2D eigenvalue weighted by atomic mass is 10.1. The molecule has 1 aliphatic heterocycles. The number of piperidine rings is 1. The Morgan fingerprint density at radius 3 is 2.67 bits per heavy atom. The minimum Gasteiger partial charge on any atom is -0.382 e. The second kappa shape index (κ2) is 5.40. The first-order valence-electron chi connectivity index (χ1n) is 7.31. The van der Waals surface area contributed by atoms with Gasteiger partial charge in [-0.25, -0.2) is 8.42 Å². The van der Waals surface area contributed by atoms with E-state index in [2.05, 4.69) is 28.3 Å². The third-order valence-electron chi connectivity index (χ3n) is 4.32. The highest BCUT2D eigenvalue weighted by atomic mass is 32.2. The van der Waals surface area contributed by atoms with Crippen molar-refractivity contribution < 1.29 is 8.42 Å². The smallest absolute Gasteiger partial charge is 0.187 e. The zero-order valence-corrected chi connectivity index (χ0v) is 14.1. The summed E-state index contributed by atoms with van der Waals surface area (Å²) in [6.07, 6.45) is 3.70. The van der Waals surface area contributed by atoms with Crippen LogP contribution >= 0.6 is 11.5 Å². The molecule has 118 valence electrons. The van der Waals surface area contributed by atoms with Crippen LogP contribution in [0.15, 0.2) is 4.90 Å². The van der Waals surface area contributed by atoms with Gasteiger partial charge in [0.2, 0.25) is 0 Å². The lowest BCUT2D eigenvalue weighted by Crippen LogP contribution is -2.45. The van der Waals surface area contributed by atoms with Crippen LogP contribution in [0.2, 0.25) is 0 Å². The number of hydrogen-bond donors (Lipinski definition) is 1. The molecule has 8 heteroatoms. The lowest BCUT2D eigenvalue weighted by Gasteiger charge is -2.36. The Morgan fingerprint density at radius 2 is 2.05 bits per heavy atom. The van der Waals surface area contributed by atoms with Crippen molar-refractivity contribution in [2.45, 2.75) is 41.9 Å². The van der Waals surface area contributed by atoms with Gasteiger partial charge in [-0.1, -0.05) is 0 Å². The molecule has 0 radical (unpaired) electrons. The van der Waals surface area contributed by atoms with Crippen LogP contribution in [-0.2, 0) is 9.84 Å². The highest BCUT2D eigenvalue weighted by Crippen LogP contribution is 2.43. The number of nitrogen functional groups attached to an aromatic ring is 1. The molecule has 0 spiro atoms. The van der Waals surface area contributed by atoms with Crippen molar-refractivity contribution >= 4 is 32.2 Å². The molecule has 2 fully saturated rings. The number of nitrogens with two attached hydrogens (primary N) is 1. The SMILES string of the molecule is CN(C)C1CCCN(c2snc(N)c2S(=O)(=O)C2CC2)C1. The molecule has 2 aliphatic rings. The number of nitrogens with zero attached hydrogens (tertiary/aromatic N) is 3. The standard InChI is InChI=1S/C13H22N4O2S2/c1-16(2)9-4-3-7-17(8-9)13-11(12(14)15-20-13)21(18,19)10-5-6-10/h9-10H,3-8H2,1-2H3,(H2,14,15). The third-order valence-corrected chi connectivity index (χ3v) is 7.69. The van der Waals surface area contributed by atoms with Crippen LogP contribution in [0.25, 0.3) is 0 Å². The summed E-state index contributed by atoms with van der Waals surface area (Å²) in [5.41, 5.74) is 5.88. The number of aromatic nitrogens is 1. The Labute approximate surface area is 130 Å². The highest BCUT2D eigenvalue weighted by Gasteiger charge is 2.42. The molecule has 1 aromatic heterocycles. The lowest BCUT2D eigenvalue weighted by molar-refractivity contribution is 0.258. The summed E-state index contributed by atoms with van der Waals surface area (Å²) in [4.78, 5) is 4.64. The van der Waals surface area contributed by atoms with Crippen LogP contribution in [0, 0.1) is 0 Å². The summed E-state index contributed by atoms with van der Waals surface area (Å²) in [7, 11) is 0.830. The number of sulfone groups is 1. The van der Waals surface area contributed by atoms with Gasteiger partial charge in [-0.2, -0.15) is 4.37 Å². The Morgan fingerprint density at radius 1 is 1.33 bits per heavy atom. The van der Waals surface area contributed by atoms with Gasteiger partial charge in [0.1, 0.15) is 9.90 Å². The topological polar surface area (TPSA) is 79.5 Å². The van der Waals surface area contributed by atoms with Crippen LogP contribution in [0.5, 0.6) is 0 Å². The number of likely N-dealkylation sites (N-methyl/N-ethyl adjacent to an activating group) is 1. The van der Waals surface area contributed by atoms with E-state index in [1.54, 1.807) is 0 Å². The first kappa shape index (κ1) is 15.1. The number of anilines is 2. The first-order chi connectivity index (χ1) is 9.91. The first-order valence-corrected chi connectivity index (χ1v) is 9.63. The Balaban J connectivity index is 1.93. The van der Waals surface area contributed by atoms with E-state index in [1.165, 1.54) is 11.5 Å². The molecule has 0 aromatic carbocycles. The van der Waals surface area contributed by atoms with Gasteiger partial charge in [0.25, 0.3) is 0 Å². The summed E-state index contributed by atoms with van der Waals surface area (Å²) >= 11 is 1.22. The molecular formula is C13H22N4O2S2. The molecule has 0 bridgehead atoms. The van der Waals surface area contributed by atoms with E-state index in [0.717, 1.165) is 43.8 Å². The van der Waals surface area contributed by atoms with Crippen molar-refractivity contribution in [1.29, 1.82) is 0 Å². The second-order valence-electron chi connectivity index (χ2n) is 6.15. The van der Waals surface area contributed by atoms with Gasteiger partial charge in [0, 0.05) is 19.1 Å². The van der Waals surface area contributed by atoms with Crippen LogP contribution in [0.4, 0.5) is 10.8 Å². The molecule has 2 heterocycles. The molecule has 1 saturated carbocycles. The van der Waals surface area contributed by atoms with Gasteiger partial charge in [0.15, 0.2) is 15.7 Å². The van der Waals surface area contributed by atoms with Gasteiger partial charge >= 0.3 is 0 Å². The molecule has 1 aromatic rings. The highest BCUT2D eigenvalue weighted by molar-refractivity contribution is 7.92. The molecule has 3 rings (SSSR count). The zero-order valence-electron chi connectivity index (χ0n) is 12.4. The Kier molecular flexibility index (Phi) is 3.87. The van der Waals surface area contributed by atoms with E-state index in [1.807, 2.05) is 0 Å². The summed E-state index contributed by atoms with van der Waals surface area (Å²) in [5.74, 6) is 0.175. The predicted molar refractivity (Wildman–Crippen MR) is 85.7 cm³/mol. The molecular weight excluding hydrogens is 308 g/mol. The molecule has 6 nitrogen and oxygen atoms in total. The molecule has 1 atom stereocenters. The average Bonchev–Trinajstić information content (AvgIpc) is 3.22. The molecule has 0 amide bonds. The Hall–Kier alpha value is -0.860. The maximum atomic E-state index is 12.6. The predicted octanol–water partition coefficient (Wildman–Crippen LogP) is 1.19. The number of hydrogen-bond acceptors (Lipinski definition) is 7. The van der Waals surface area contributed by atoms with E-state index < -0.39 is 9.84 Å². The van der Waals surface area contributed by atoms with E-state index in [4.69, 9.17) is 5.73 Å².